The number of allylic oxidation sites excluding steroid dienone is 2. The maximum absolute atomic E-state index is 14.1. The number of anilines is 1. The van der Waals surface area contributed by atoms with Gasteiger partial charge in [0.05, 0.1) is 5.69 Å². The molecule has 6 nitrogen and oxygen atoms in total. The maximum Gasteiger partial charge on any atom is 0.270 e. The van der Waals surface area contributed by atoms with Crippen molar-refractivity contribution in [1.29, 1.82) is 0 Å². The first-order valence-electron chi connectivity index (χ1n) is 11.2. The molecule has 2 aromatic carbocycles. The van der Waals surface area contributed by atoms with E-state index in [1.54, 1.807) is 36.4 Å². The van der Waals surface area contributed by atoms with Crippen molar-refractivity contribution in [3.63, 3.8) is 0 Å². The minimum absolute atomic E-state index is 0.0451. The van der Waals surface area contributed by atoms with Crippen molar-refractivity contribution >= 4 is 27.3 Å². The highest BCUT2D eigenvalue weighted by Gasteiger charge is 2.44. The number of likely N-dealkylation sites (tertiary alicyclic amines) is 1. The molecule has 2 aliphatic heterocycles. The first-order valence-corrected chi connectivity index (χ1v) is 12.6. The molecule has 2 aromatic rings. The molecule has 0 radical (unpaired) electrons. The van der Waals surface area contributed by atoms with E-state index in [-0.39, 0.29) is 34.1 Å². The molecule has 5 rings (SSSR count). The van der Waals surface area contributed by atoms with Crippen LogP contribution in [0.1, 0.15) is 52.5 Å². The van der Waals surface area contributed by atoms with Crippen LogP contribution in [0.4, 0.5) is 5.69 Å². The number of sulfonamides is 1. The summed E-state index contributed by atoms with van der Waals surface area (Å²) in [5, 5.41) is 0. The second-order valence-corrected chi connectivity index (χ2v) is 10.7. The summed E-state index contributed by atoms with van der Waals surface area (Å²) < 4.78 is 29.4. The van der Waals surface area contributed by atoms with E-state index < -0.39 is 15.8 Å². The van der Waals surface area contributed by atoms with E-state index >= 15 is 0 Å². The number of aryl methyl sites for hydroxylation is 1. The number of Topliss-reactive ketones (excluding diaryl/α,β-unsaturated/α-hetero) is 2. The van der Waals surface area contributed by atoms with Crippen molar-refractivity contribution in [3.8, 4) is 0 Å². The van der Waals surface area contributed by atoms with Crippen LogP contribution in [-0.2, 0) is 16.4 Å². The molecule has 166 valence electrons. The van der Waals surface area contributed by atoms with Crippen LogP contribution in [0.3, 0.4) is 0 Å². The first kappa shape index (κ1) is 20.9. The molecule has 1 aliphatic carbocycles. The molecule has 1 saturated heterocycles. The van der Waals surface area contributed by atoms with E-state index in [4.69, 9.17) is 0 Å². The van der Waals surface area contributed by atoms with Crippen molar-refractivity contribution in [2.45, 2.75) is 32.6 Å². The fraction of sp³-hybridized carbons (Fsp3) is 0.360. The lowest BCUT2D eigenvalue weighted by molar-refractivity contribution is 0.0932. The van der Waals surface area contributed by atoms with E-state index in [1.165, 1.54) is 4.31 Å². The summed E-state index contributed by atoms with van der Waals surface area (Å²) in [6.45, 7) is 3.56. The highest BCUT2D eigenvalue weighted by atomic mass is 32.2. The number of fused-ring (bicyclic) bond motifs is 2. The van der Waals surface area contributed by atoms with Gasteiger partial charge in [0.2, 0.25) is 11.6 Å². The standard InChI is InChI=1S/C25H26N2O4S/c1-17-12-15-26(16-13-17)22-23(28)19-9-3-4-10-20(19)24(29)25(22)32(30,31)27-14-6-8-18-7-2-5-11-21(18)27/h2-5,7,9-11,17H,6,8,12-16H2,1H3. The van der Waals surface area contributed by atoms with Crippen molar-refractivity contribution in [3.05, 3.63) is 75.8 Å². The molecule has 0 saturated carbocycles. The van der Waals surface area contributed by atoms with Crippen molar-refractivity contribution in [2.75, 3.05) is 23.9 Å². The second kappa shape index (κ2) is 7.89. The molecule has 0 amide bonds. The Bertz CT molecular complexity index is 1240. The van der Waals surface area contributed by atoms with E-state index in [1.807, 2.05) is 17.0 Å². The molecule has 7 heteroatoms. The second-order valence-electron chi connectivity index (χ2n) is 8.86. The van der Waals surface area contributed by atoms with Gasteiger partial charge in [-0.05, 0) is 43.2 Å². The number of hydrogen-bond acceptors (Lipinski definition) is 5. The highest BCUT2D eigenvalue weighted by Crippen LogP contribution is 2.38. The Morgan fingerprint density at radius 2 is 1.47 bits per heavy atom. The third-order valence-electron chi connectivity index (χ3n) is 6.77. The van der Waals surface area contributed by atoms with Crippen molar-refractivity contribution in [1.82, 2.24) is 4.90 Å². The Morgan fingerprint density at radius 3 is 2.19 bits per heavy atom. The predicted octanol–water partition coefficient (Wildman–Crippen LogP) is 3.79. The quantitative estimate of drug-likeness (QED) is 0.711. The summed E-state index contributed by atoms with van der Waals surface area (Å²) in [7, 11) is -4.23. The Balaban J connectivity index is 1.70. The summed E-state index contributed by atoms with van der Waals surface area (Å²) >= 11 is 0. The molecule has 0 bridgehead atoms. The number of carbonyl (C=O) groups excluding carboxylic acids is 2. The van der Waals surface area contributed by atoms with Gasteiger partial charge >= 0.3 is 0 Å². The van der Waals surface area contributed by atoms with Gasteiger partial charge in [0.25, 0.3) is 10.0 Å². The molecule has 0 atom stereocenters. The Kier molecular flexibility index (Phi) is 5.16. The number of ketones is 2. The number of hydrogen-bond donors (Lipinski definition) is 0. The molecule has 0 spiro atoms. The molecule has 2 heterocycles. The minimum Gasteiger partial charge on any atom is -0.367 e. The van der Waals surface area contributed by atoms with E-state index in [2.05, 4.69) is 6.92 Å². The van der Waals surface area contributed by atoms with E-state index in [0.717, 1.165) is 24.8 Å². The number of carbonyl (C=O) groups is 2. The van der Waals surface area contributed by atoms with Crippen LogP contribution in [0, 0.1) is 5.92 Å². The fourth-order valence-electron chi connectivity index (χ4n) is 4.96. The topological polar surface area (TPSA) is 74.8 Å². The molecule has 1 fully saturated rings. The van der Waals surface area contributed by atoms with Crippen LogP contribution in [0.15, 0.2) is 59.1 Å². The average Bonchev–Trinajstić information content (AvgIpc) is 2.81. The van der Waals surface area contributed by atoms with Gasteiger partial charge in [0.15, 0.2) is 4.91 Å². The molecular weight excluding hydrogens is 424 g/mol. The lowest BCUT2D eigenvalue weighted by Crippen LogP contribution is -2.44. The number of benzene rings is 2. The smallest absolute Gasteiger partial charge is 0.270 e. The molecule has 3 aliphatic rings. The van der Waals surface area contributed by atoms with Gasteiger partial charge in [0, 0.05) is 30.8 Å². The molecule has 32 heavy (non-hydrogen) atoms. The Morgan fingerprint density at radius 1 is 0.844 bits per heavy atom. The summed E-state index contributed by atoms with van der Waals surface area (Å²) in [6, 6.07) is 13.9. The van der Waals surface area contributed by atoms with Crippen LogP contribution < -0.4 is 4.31 Å². The first-order chi connectivity index (χ1) is 15.4. The van der Waals surface area contributed by atoms with Gasteiger partial charge in [-0.25, -0.2) is 8.42 Å². The Hall–Kier alpha value is -2.93. The average molecular weight is 451 g/mol. The van der Waals surface area contributed by atoms with Crippen LogP contribution in [0.2, 0.25) is 0 Å². The van der Waals surface area contributed by atoms with Crippen molar-refractivity contribution in [2.24, 2.45) is 5.92 Å². The SMILES string of the molecule is CC1CCN(C2=C(S(=O)(=O)N3CCCc4ccccc43)C(=O)c3ccccc3C2=O)CC1. The zero-order chi connectivity index (χ0) is 22.5. The van der Waals surface area contributed by atoms with E-state index in [9.17, 15) is 18.0 Å². The largest absolute Gasteiger partial charge is 0.367 e. The molecule has 0 aromatic heterocycles. The van der Waals surface area contributed by atoms with Crippen LogP contribution >= 0.6 is 0 Å². The lowest BCUT2D eigenvalue weighted by atomic mass is 9.90. The molecule has 0 N–H and O–H groups in total. The van der Waals surface area contributed by atoms with E-state index in [0.29, 0.717) is 31.1 Å². The molecular formula is C25H26N2O4S. The third-order valence-corrected chi connectivity index (χ3v) is 8.62. The zero-order valence-corrected chi connectivity index (χ0v) is 18.9. The predicted molar refractivity (Wildman–Crippen MR) is 123 cm³/mol. The third kappa shape index (κ3) is 3.26. The summed E-state index contributed by atoms with van der Waals surface area (Å²) in [5.41, 5.74) is 2.02. The maximum atomic E-state index is 14.1. The number of para-hydroxylation sites is 1. The highest BCUT2D eigenvalue weighted by molar-refractivity contribution is 7.97. The number of piperidine rings is 1. The lowest BCUT2D eigenvalue weighted by Gasteiger charge is -2.37. The summed E-state index contributed by atoms with van der Waals surface area (Å²) in [6.07, 6.45) is 3.16. The fourth-order valence-corrected chi connectivity index (χ4v) is 6.79. The van der Waals surface area contributed by atoms with Gasteiger partial charge in [0.1, 0.15) is 5.70 Å². The van der Waals surface area contributed by atoms with Gasteiger partial charge in [-0.1, -0.05) is 49.4 Å². The number of nitrogens with zero attached hydrogens (tertiary/aromatic N) is 2. The Labute approximate surface area is 188 Å². The van der Waals surface area contributed by atoms with Gasteiger partial charge in [-0.3, -0.25) is 13.9 Å². The van der Waals surface area contributed by atoms with Crippen LogP contribution in [-0.4, -0.2) is 44.5 Å². The van der Waals surface area contributed by atoms with Crippen LogP contribution in [0.25, 0.3) is 0 Å². The minimum atomic E-state index is -4.23. The van der Waals surface area contributed by atoms with Gasteiger partial charge < -0.3 is 4.90 Å². The summed E-state index contributed by atoms with van der Waals surface area (Å²) in [4.78, 5) is 28.7. The van der Waals surface area contributed by atoms with Gasteiger partial charge in [-0.15, -0.1) is 0 Å². The van der Waals surface area contributed by atoms with Gasteiger partial charge in [-0.2, -0.15) is 0 Å². The molecule has 0 unspecified atom stereocenters. The monoisotopic (exact) mass is 450 g/mol. The number of rotatable bonds is 3. The summed E-state index contributed by atoms with van der Waals surface area (Å²) in [5.74, 6) is -0.460. The zero-order valence-electron chi connectivity index (χ0n) is 18.1. The van der Waals surface area contributed by atoms with Crippen LogP contribution in [0.5, 0.6) is 0 Å². The van der Waals surface area contributed by atoms with Crippen molar-refractivity contribution < 1.29 is 18.0 Å². The normalized spacial score (nSPS) is 19.8.